The van der Waals surface area contributed by atoms with Crippen LogP contribution in [0.2, 0.25) is 0 Å². The number of ether oxygens (including phenoxy) is 2. The summed E-state index contributed by atoms with van der Waals surface area (Å²) in [5.74, 6) is 2.57. The number of carbonyl (C=O) groups is 1. The van der Waals surface area contributed by atoms with Crippen molar-refractivity contribution in [3.63, 3.8) is 0 Å². The Kier molecular flexibility index (Phi) is 6.86. The van der Waals surface area contributed by atoms with Crippen LogP contribution in [0.1, 0.15) is 25.7 Å². The van der Waals surface area contributed by atoms with Crippen LogP contribution in [0.4, 0.5) is 0 Å². The lowest BCUT2D eigenvalue weighted by Gasteiger charge is -2.30. The highest BCUT2D eigenvalue weighted by molar-refractivity contribution is 5.76. The molecule has 0 spiro atoms. The van der Waals surface area contributed by atoms with Gasteiger partial charge in [0.25, 0.3) is 0 Å². The summed E-state index contributed by atoms with van der Waals surface area (Å²) in [5.41, 5.74) is 0.798. The largest absolute Gasteiger partial charge is 0.493 e. The Bertz CT molecular complexity index is 784. The topological polar surface area (TPSA) is 82.1 Å². The molecule has 1 aliphatic rings. The molecule has 1 saturated heterocycles. The standard InChI is InChI=1S/C20H28N4O4/c1-4-27-16-9-8-15(14-17(16)26-3)20-21-18(28-22-20)6-5-7-19(25)24-12-10-23(2)11-13-24/h8-9,14H,4-7,10-13H2,1-3H3/p+1. The zero-order valence-corrected chi connectivity index (χ0v) is 16.9. The SMILES string of the molecule is CCOc1ccc(-c2noc(CCCC(=O)N3CC[NH+](C)CC3)n2)cc1OC. The van der Waals surface area contributed by atoms with Gasteiger partial charge < -0.3 is 23.8 Å². The van der Waals surface area contributed by atoms with Crippen LogP contribution in [0.5, 0.6) is 11.5 Å². The molecular weight excluding hydrogens is 360 g/mol. The minimum atomic E-state index is 0.212. The molecule has 1 aromatic heterocycles. The van der Waals surface area contributed by atoms with Crippen molar-refractivity contribution in [2.45, 2.75) is 26.2 Å². The smallest absolute Gasteiger partial charge is 0.226 e. The normalized spacial score (nSPS) is 14.9. The van der Waals surface area contributed by atoms with Crippen molar-refractivity contribution in [1.82, 2.24) is 15.0 Å². The van der Waals surface area contributed by atoms with Crippen LogP contribution in [0.3, 0.4) is 0 Å². The van der Waals surface area contributed by atoms with E-state index < -0.39 is 0 Å². The Morgan fingerprint density at radius 1 is 1.29 bits per heavy atom. The van der Waals surface area contributed by atoms with Gasteiger partial charge in [0.15, 0.2) is 11.5 Å². The number of aromatic nitrogens is 2. The number of quaternary nitrogens is 1. The van der Waals surface area contributed by atoms with Gasteiger partial charge in [-0.2, -0.15) is 4.98 Å². The highest BCUT2D eigenvalue weighted by atomic mass is 16.5. The van der Waals surface area contributed by atoms with Gasteiger partial charge in [-0.05, 0) is 31.5 Å². The van der Waals surface area contributed by atoms with Crippen molar-refractivity contribution in [2.24, 2.45) is 0 Å². The molecule has 0 bridgehead atoms. The van der Waals surface area contributed by atoms with Crippen LogP contribution in [-0.4, -0.2) is 67.9 Å². The summed E-state index contributed by atoms with van der Waals surface area (Å²) in [7, 11) is 3.76. The van der Waals surface area contributed by atoms with Gasteiger partial charge in [-0.1, -0.05) is 5.16 Å². The van der Waals surface area contributed by atoms with E-state index in [0.29, 0.717) is 49.1 Å². The molecule has 1 fully saturated rings. The zero-order valence-electron chi connectivity index (χ0n) is 16.9. The number of aryl methyl sites for hydroxylation is 1. The van der Waals surface area contributed by atoms with Crippen molar-refractivity contribution in [2.75, 3.05) is 46.9 Å². The first-order valence-electron chi connectivity index (χ1n) is 9.83. The fourth-order valence-corrected chi connectivity index (χ4v) is 3.24. The Balaban J connectivity index is 1.53. The van der Waals surface area contributed by atoms with Crippen LogP contribution in [-0.2, 0) is 11.2 Å². The monoisotopic (exact) mass is 389 g/mol. The summed E-state index contributed by atoms with van der Waals surface area (Å²) < 4.78 is 16.2. The summed E-state index contributed by atoms with van der Waals surface area (Å²) in [6.45, 7) is 6.21. The summed E-state index contributed by atoms with van der Waals surface area (Å²) in [5, 5.41) is 4.05. The van der Waals surface area contributed by atoms with Gasteiger partial charge in [0.2, 0.25) is 17.6 Å². The molecule has 0 radical (unpaired) electrons. The Hall–Kier alpha value is -2.61. The number of carbonyl (C=O) groups excluding carboxylic acids is 1. The minimum Gasteiger partial charge on any atom is -0.493 e. The molecule has 1 N–H and O–H groups in total. The van der Waals surface area contributed by atoms with E-state index in [0.717, 1.165) is 31.7 Å². The molecule has 1 aliphatic heterocycles. The van der Waals surface area contributed by atoms with E-state index in [9.17, 15) is 4.79 Å². The predicted molar refractivity (Wildman–Crippen MR) is 104 cm³/mol. The van der Waals surface area contributed by atoms with E-state index in [-0.39, 0.29) is 5.91 Å². The number of amides is 1. The molecule has 0 atom stereocenters. The molecule has 2 heterocycles. The van der Waals surface area contributed by atoms with Gasteiger partial charge in [0.1, 0.15) is 0 Å². The molecule has 8 nitrogen and oxygen atoms in total. The summed E-state index contributed by atoms with van der Waals surface area (Å²) in [4.78, 5) is 20.2. The first kappa shape index (κ1) is 20.1. The average Bonchev–Trinajstić information content (AvgIpc) is 3.18. The number of rotatable bonds is 8. The van der Waals surface area contributed by atoms with Gasteiger partial charge >= 0.3 is 0 Å². The first-order chi connectivity index (χ1) is 13.6. The second-order valence-corrected chi connectivity index (χ2v) is 7.00. The van der Waals surface area contributed by atoms with Crippen molar-refractivity contribution >= 4 is 5.91 Å². The maximum absolute atomic E-state index is 12.3. The van der Waals surface area contributed by atoms with E-state index in [1.165, 1.54) is 4.90 Å². The molecular formula is C20H29N4O4+. The Morgan fingerprint density at radius 2 is 2.07 bits per heavy atom. The second-order valence-electron chi connectivity index (χ2n) is 7.00. The van der Waals surface area contributed by atoms with Crippen LogP contribution in [0.25, 0.3) is 11.4 Å². The third kappa shape index (κ3) is 5.01. The predicted octanol–water partition coefficient (Wildman–Crippen LogP) is 0.824. The third-order valence-corrected chi connectivity index (χ3v) is 4.94. The zero-order chi connectivity index (χ0) is 19.9. The lowest BCUT2D eigenvalue weighted by atomic mass is 10.2. The Morgan fingerprint density at radius 3 is 2.79 bits per heavy atom. The first-order valence-corrected chi connectivity index (χ1v) is 9.83. The van der Waals surface area contributed by atoms with Gasteiger partial charge in [-0.3, -0.25) is 4.79 Å². The molecule has 1 aromatic carbocycles. The van der Waals surface area contributed by atoms with Gasteiger partial charge in [-0.25, -0.2) is 0 Å². The van der Waals surface area contributed by atoms with Gasteiger partial charge in [-0.15, -0.1) is 0 Å². The Labute approximate surface area is 165 Å². The van der Waals surface area contributed by atoms with Gasteiger partial charge in [0.05, 0.1) is 46.9 Å². The number of piperazine rings is 1. The maximum Gasteiger partial charge on any atom is 0.226 e. The highest BCUT2D eigenvalue weighted by Gasteiger charge is 2.21. The fourth-order valence-electron chi connectivity index (χ4n) is 3.24. The van der Waals surface area contributed by atoms with E-state index in [2.05, 4.69) is 17.2 Å². The van der Waals surface area contributed by atoms with E-state index >= 15 is 0 Å². The van der Waals surface area contributed by atoms with Crippen LogP contribution in [0, 0.1) is 0 Å². The molecule has 28 heavy (non-hydrogen) atoms. The molecule has 0 aliphatic carbocycles. The van der Waals surface area contributed by atoms with Crippen LogP contribution in [0.15, 0.2) is 22.7 Å². The summed E-state index contributed by atoms with van der Waals surface area (Å²) in [6.07, 6.45) is 1.80. The number of hydrogen-bond donors (Lipinski definition) is 1. The summed E-state index contributed by atoms with van der Waals surface area (Å²) in [6, 6.07) is 5.55. The molecule has 3 rings (SSSR count). The second kappa shape index (κ2) is 9.54. The van der Waals surface area contributed by atoms with Crippen LogP contribution < -0.4 is 14.4 Å². The molecule has 2 aromatic rings. The van der Waals surface area contributed by atoms with Crippen molar-refractivity contribution in [1.29, 1.82) is 0 Å². The lowest BCUT2D eigenvalue weighted by Crippen LogP contribution is -3.12. The van der Waals surface area contributed by atoms with Crippen LogP contribution >= 0.6 is 0 Å². The number of nitrogens with one attached hydrogen (secondary N) is 1. The quantitative estimate of drug-likeness (QED) is 0.720. The third-order valence-electron chi connectivity index (χ3n) is 4.94. The number of methoxy groups -OCH3 is 1. The molecule has 0 unspecified atom stereocenters. The van der Waals surface area contributed by atoms with E-state index in [1.807, 2.05) is 30.0 Å². The minimum absolute atomic E-state index is 0.212. The van der Waals surface area contributed by atoms with E-state index in [1.54, 1.807) is 7.11 Å². The molecule has 1 amide bonds. The average molecular weight is 389 g/mol. The van der Waals surface area contributed by atoms with Crippen molar-refractivity contribution in [3.8, 4) is 22.9 Å². The number of hydrogen-bond acceptors (Lipinski definition) is 6. The molecule has 0 saturated carbocycles. The summed E-state index contributed by atoms with van der Waals surface area (Å²) >= 11 is 0. The lowest BCUT2D eigenvalue weighted by molar-refractivity contribution is -0.883. The van der Waals surface area contributed by atoms with Gasteiger partial charge in [0, 0.05) is 18.4 Å². The molecule has 152 valence electrons. The molecule has 8 heteroatoms. The van der Waals surface area contributed by atoms with E-state index in [4.69, 9.17) is 14.0 Å². The van der Waals surface area contributed by atoms with Crippen molar-refractivity contribution in [3.05, 3.63) is 24.1 Å². The number of nitrogens with zero attached hydrogens (tertiary/aromatic N) is 3. The number of benzene rings is 1. The van der Waals surface area contributed by atoms with Crippen molar-refractivity contribution < 1.29 is 23.7 Å². The fraction of sp³-hybridized carbons (Fsp3) is 0.550. The number of likely N-dealkylation sites (N-methyl/N-ethyl adjacent to an activating group) is 1. The highest BCUT2D eigenvalue weighted by Crippen LogP contribution is 2.31. The maximum atomic E-state index is 12.3.